The summed E-state index contributed by atoms with van der Waals surface area (Å²) in [6.45, 7) is 6.09. The molecule has 7 nitrogen and oxygen atoms in total. The van der Waals surface area contributed by atoms with Gasteiger partial charge in [-0.15, -0.1) is 10.2 Å². The number of sulfonamides is 1. The number of nitrogens with zero attached hydrogens (tertiary/aromatic N) is 3. The monoisotopic (exact) mass is 424 g/mol. The maximum Gasteiger partial charge on any atom is 0.261 e. The molecule has 1 aromatic heterocycles. The molecule has 0 unspecified atom stereocenters. The van der Waals surface area contributed by atoms with Crippen LogP contribution in [0.15, 0.2) is 65.6 Å². The van der Waals surface area contributed by atoms with Crippen LogP contribution in [0.2, 0.25) is 0 Å². The SMILES string of the molecule is Cc1ccc(S(=O)(=O)Nc2ccc(-c3ccc(N4CC[NH+](C)CC4)nn3)cc2)cc1. The van der Waals surface area contributed by atoms with Crippen LogP contribution < -0.4 is 14.5 Å². The molecule has 2 aromatic carbocycles. The zero-order chi connectivity index (χ0) is 21.1. The number of piperazine rings is 1. The van der Waals surface area contributed by atoms with Crippen LogP contribution in [-0.2, 0) is 10.0 Å². The Labute approximate surface area is 177 Å². The molecule has 8 heteroatoms. The number of anilines is 2. The van der Waals surface area contributed by atoms with E-state index in [2.05, 4.69) is 26.9 Å². The van der Waals surface area contributed by atoms with Gasteiger partial charge in [0.05, 0.1) is 43.8 Å². The van der Waals surface area contributed by atoms with Crippen LogP contribution in [0, 0.1) is 6.92 Å². The lowest BCUT2D eigenvalue weighted by Gasteiger charge is -2.30. The second-order valence-electron chi connectivity index (χ2n) is 7.72. The molecular weight excluding hydrogens is 398 g/mol. The maximum absolute atomic E-state index is 12.5. The van der Waals surface area contributed by atoms with Crippen molar-refractivity contribution in [2.45, 2.75) is 11.8 Å². The van der Waals surface area contributed by atoms with E-state index < -0.39 is 10.0 Å². The van der Waals surface area contributed by atoms with E-state index in [1.54, 1.807) is 36.4 Å². The summed E-state index contributed by atoms with van der Waals surface area (Å²) in [5.74, 6) is 0.897. The van der Waals surface area contributed by atoms with Gasteiger partial charge in [-0.25, -0.2) is 8.42 Å². The predicted molar refractivity (Wildman–Crippen MR) is 118 cm³/mol. The van der Waals surface area contributed by atoms with Crippen molar-refractivity contribution in [1.29, 1.82) is 0 Å². The summed E-state index contributed by atoms with van der Waals surface area (Å²) < 4.78 is 27.7. The van der Waals surface area contributed by atoms with E-state index in [1.807, 2.05) is 31.2 Å². The standard InChI is InChI=1S/C22H25N5O2S/c1-17-3-9-20(10-4-17)30(28,29)25-19-7-5-18(6-8-19)21-11-12-22(24-23-21)27-15-13-26(2)14-16-27/h3-12,25H,13-16H2,1-2H3/p+1. The van der Waals surface area contributed by atoms with Gasteiger partial charge in [-0.05, 0) is 43.3 Å². The second-order valence-corrected chi connectivity index (χ2v) is 9.40. The Morgan fingerprint density at radius 1 is 0.900 bits per heavy atom. The maximum atomic E-state index is 12.5. The highest BCUT2D eigenvalue weighted by Crippen LogP contribution is 2.22. The van der Waals surface area contributed by atoms with Gasteiger partial charge in [0.2, 0.25) is 0 Å². The Kier molecular flexibility index (Phi) is 5.69. The van der Waals surface area contributed by atoms with Gasteiger partial charge in [0, 0.05) is 11.3 Å². The summed E-state index contributed by atoms with van der Waals surface area (Å²) in [4.78, 5) is 4.03. The average Bonchev–Trinajstić information content (AvgIpc) is 2.75. The summed E-state index contributed by atoms with van der Waals surface area (Å²) in [5, 5.41) is 8.75. The number of quaternary nitrogens is 1. The lowest BCUT2D eigenvalue weighted by molar-refractivity contribution is -0.880. The van der Waals surface area contributed by atoms with Crippen molar-refractivity contribution in [2.24, 2.45) is 0 Å². The Morgan fingerprint density at radius 3 is 2.17 bits per heavy atom. The van der Waals surface area contributed by atoms with Gasteiger partial charge in [-0.2, -0.15) is 0 Å². The highest BCUT2D eigenvalue weighted by Gasteiger charge is 2.18. The largest absolute Gasteiger partial charge is 0.344 e. The summed E-state index contributed by atoms with van der Waals surface area (Å²) in [6, 6.07) is 17.9. The fourth-order valence-corrected chi connectivity index (χ4v) is 4.46. The van der Waals surface area contributed by atoms with Crippen molar-refractivity contribution in [2.75, 3.05) is 42.8 Å². The van der Waals surface area contributed by atoms with Crippen molar-refractivity contribution >= 4 is 21.5 Å². The molecule has 2 N–H and O–H groups in total. The van der Waals surface area contributed by atoms with Gasteiger partial charge in [0.15, 0.2) is 5.82 Å². The first kappa shape index (κ1) is 20.3. The van der Waals surface area contributed by atoms with Gasteiger partial charge in [0.25, 0.3) is 10.0 Å². The average molecular weight is 425 g/mol. The van der Waals surface area contributed by atoms with Crippen molar-refractivity contribution in [3.8, 4) is 11.3 Å². The fraction of sp³-hybridized carbons (Fsp3) is 0.273. The van der Waals surface area contributed by atoms with Crippen LogP contribution >= 0.6 is 0 Å². The minimum absolute atomic E-state index is 0.240. The topological polar surface area (TPSA) is 79.6 Å². The summed E-state index contributed by atoms with van der Waals surface area (Å²) >= 11 is 0. The molecule has 0 bridgehead atoms. The number of rotatable bonds is 5. The van der Waals surface area contributed by atoms with E-state index in [4.69, 9.17) is 0 Å². The van der Waals surface area contributed by atoms with Crippen molar-refractivity contribution in [1.82, 2.24) is 10.2 Å². The quantitative estimate of drug-likeness (QED) is 0.650. The van der Waals surface area contributed by atoms with E-state index in [0.717, 1.165) is 48.8 Å². The van der Waals surface area contributed by atoms with Gasteiger partial charge >= 0.3 is 0 Å². The highest BCUT2D eigenvalue weighted by molar-refractivity contribution is 7.92. The molecule has 1 aliphatic rings. The molecule has 0 aliphatic carbocycles. The molecule has 0 radical (unpaired) electrons. The van der Waals surface area contributed by atoms with Crippen LogP contribution in [0.1, 0.15) is 5.56 Å². The zero-order valence-electron chi connectivity index (χ0n) is 17.2. The number of nitrogens with one attached hydrogen (secondary N) is 2. The van der Waals surface area contributed by atoms with Crippen molar-refractivity contribution in [3.05, 3.63) is 66.2 Å². The fourth-order valence-electron chi connectivity index (χ4n) is 3.41. The van der Waals surface area contributed by atoms with Crippen LogP contribution in [0.4, 0.5) is 11.5 Å². The molecular formula is C22H26N5O2S+. The van der Waals surface area contributed by atoms with Crippen LogP contribution in [-0.4, -0.2) is 51.8 Å². The van der Waals surface area contributed by atoms with Gasteiger partial charge in [-0.1, -0.05) is 29.8 Å². The summed E-state index contributed by atoms with van der Waals surface area (Å²) in [7, 11) is -1.41. The molecule has 1 fully saturated rings. The molecule has 0 amide bonds. The first-order valence-electron chi connectivity index (χ1n) is 10.0. The number of likely N-dealkylation sites (N-methyl/N-ethyl adjacent to an activating group) is 1. The molecule has 3 aromatic rings. The first-order chi connectivity index (χ1) is 14.4. The smallest absolute Gasteiger partial charge is 0.261 e. The third-order valence-electron chi connectivity index (χ3n) is 5.36. The molecule has 0 saturated carbocycles. The Morgan fingerprint density at radius 2 is 1.57 bits per heavy atom. The van der Waals surface area contributed by atoms with E-state index in [9.17, 15) is 8.42 Å². The second kappa shape index (κ2) is 8.41. The molecule has 0 spiro atoms. The molecule has 0 atom stereocenters. The molecule has 156 valence electrons. The van der Waals surface area contributed by atoms with Crippen LogP contribution in [0.5, 0.6) is 0 Å². The van der Waals surface area contributed by atoms with Gasteiger partial charge < -0.3 is 9.80 Å². The van der Waals surface area contributed by atoms with Crippen molar-refractivity contribution in [3.63, 3.8) is 0 Å². The molecule has 4 rings (SSSR count). The van der Waals surface area contributed by atoms with Crippen molar-refractivity contribution < 1.29 is 13.3 Å². The Balaban J connectivity index is 1.45. The minimum atomic E-state index is -3.61. The van der Waals surface area contributed by atoms with E-state index in [0.29, 0.717) is 5.69 Å². The van der Waals surface area contributed by atoms with Gasteiger partial charge in [-0.3, -0.25) is 4.72 Å². The molecule has 1 saturated heterocycles. The third-order valence-corrected chi connectivity index (χ3v) is 6.75. The lowest BCUT2D eigenvalue weighted by Crippen LogP contribution is -3.12. The Hall–Kier alpha value is -2.97. The van der Waals surface area contributed by atoms with Crippen LogP contribution in [0.25, 0.3) is 11.3 Å². The number of aromatic nitrogens is 2. The summed E-state index contributed by atoms with van der Waals surface area (Å²) in [5.41, 5.74) is 3.16. The van der Waals surface area contributed by atoms with E-state index in [-0.39, 0.29) is 4.90 Å². The number of hydrogen-bond acceptors (Lipinski definition) is 5. The molecule has 1 aliphatic heterocycles. The zero-order valence-corrected chi connectivity index (χ0v) is 18.0. The number of hydrogen-bond donors (Lipinski definition) is 2. The number of aryl methyl sites for hydroxylation is 1. The Bertz CT molecular complexity index is 1090. The minimum Gasteiger partial charge on any atom is -0.344 e. The highest BCUT2D eigenvalue weighted by atomic mass is 32.2. The first-order valence-corrected chi connectivity index (χ1v) is 11.5. The summed E-state index contributed by atoms with van der Waals surface area (Å²) in [6.07, 6.45) is 0. The molecule has 2 heterocycles. The van der Waals surface area contributed by atoms with E-state index in [1.165, 1.54) is 4.90 Å². The van der Waals surface area contributed by atoms with Crippen LogP contribution in [0.3, 0.4) is 0 Å². The lowest BCUT2D eigenvalue weighted by atomic mass is 10.1. The van der Waals surface area contributed by atoms with E-state index >= 15 is 0 Å². The third kappa shape index (κ3) is 4.60. The molecule has 30 heavy (non-hydrogen) atoms. The normalized spacial score (nSPS) is 15.2. The number of benzene rings is 2. The van der Waals surface area contributed by atoms with Gasteiger partial charge in [0.1, 0.15) is 0 Å². The predicted octanol–water partition coefficient (Wildman–Crippen LogP) is 1.59.